The molecule has 0 saturated heterocycles. The Labute approximate surface area is 142 Å². The summed E-state index contributed by atoms with van der Waals surface area (Å²) in [7, 11) is -3.41. The molecule has 0 aliphatic carbocycles. The Balaban J connectivity index is 2.09. The van der Waals surface area contributed by atoms with Crippen molar-refractivity contribution in [1.82, 2.24) is 9.71 Å². The fourth-order valence-electron chi connectivity index (χ4n) is 2.29. The number of aryl methyl sites for hydroxylation is 1. The molecule has 0 saturated carbocycles. The predicted molar refractivity (Wildman–Crippen MR) is 95.4 cm³/mol. The molecule has 0 radical (unpaired) electrons. The van der Waals surface area contributed by atoms with Gasteiger partial charge in [-0.25, -0.2) is 13.1 Å². The Morgan fingerprint density at radius 3 is 2.67 bits per heavy atom. The van der Waals surface area contributed by atoms with Crippen LogP contribution in [0.15, 0.2) is 36.5 Å². The van der Waals surface area contributed by atoms with Crippen LogP contribution in [0.3, 0.4) is 0 Å². The van der Waals surface area contributed by atoms with Gasteiger partial charge in [0.15, 0.2) is 0 Å². The zero-order chi connectivity index (χ0) is 17.7. The van der Waals surface area contributed by atoms with E-state index < -0.39 is 10.0 Å². The van der Waals surface area contributed by atoms with Gasteiger partial charge in [0, 0.05) is 23.6 Å². The minimum absolute atomic E-state index is 0.102. The second kappa shape index (κ2) is 7.63. The highest BCUT2D eigenvalue weighted by Crippen LogP contribution is 2.15. The summed E-state index contributed by atoms with van der Waals surface area (Å²) in [4.78, 5) is 15.2. The number of amides is 1. The highest BCUT2D eigenvalue weighted by Gasteiger charge is 2.15. The van der Waals surface area contributed by atoms with E-state index in [4.69, 9.17) is 0 Å². The number of aromatic amines is 1. The Hall–Kier alpha value is -2.12. The van der Waals surface area contributed by atoms with Crippen molar-refractivity contribution in [2.24, 2.45) is 0 Å². The first-order valence-electron chi connectivity index (χ1n) is 7.85. The summed E-state index contributed by atoms with van der Waals surface area (Å²) < 4.78 is 26.9. The van der Waals surface area contributed by atoms with Crippen LogP contribution in [0.5, 0.6) is 0 Å². The standard InChI is InChI=1S/C17H23N3O3S/c1-4-12(2)20-24(22,23)11-14-6-5-7-15(10-14)19-17(21)16-8-9-18-13(16)3/h5-10,12,18,20H,4,11H2,1-3H3,(H,19,21)/t12-/m0/s1. The number of carbonyl (C=O) groups excluding carboxylic acids is 1. The molecule has 2 aromatic rings. The highest BCUT2D eigenvalue weighted by atomic mass is 32.2. The summed E-state index contributed by atoms with van der Waals surface area (Å²) in [6.45, 7) is 5.57. The number of carbonyl (C=O) groups is 1. The van der Waals surface area contributed by atoms with Gasteiger partial charge >= 0.3 is 0 Å². The molecule has 0 fully saturated rings. The highest BCUT2D eigenvalue weighted by molar-refractivity contribution is 7.88. The van der Waals surface area contributed by atoms with Crippen LogP contribution in [0, 0.1) is 6.92 Å². The number of benzene rings is 1. The van der Waals surface area contributed by atoms with Gasteiger partial charge in [-0.05, 0) is 44.0 Å². The van der Waals surface area contributed by atoms with E-state index in [0.717, 1.165) is 12.1 Å². The van der Waals surface area contributed by atoms with E-state index >= 15 is 0 Å². The number of aromatic nitrogens is 1. The fourth-order valence-corrected chi connectivity index (χ4v) is 3.77. The molecule has 130 valence electrons. The van der Waals surface area contributed by atoms with E-state index in [0.29, 0.717) is 16.8 Å². The molecule has 1 aromatic carbocycles. The van der Waals surface area contributed by atoms with Gasteiger partial charge in [-0.1, -0.05) is 19.1 Å². The van der Waals surface area contributed by atoms with Gasteiger partial charge in [-0.15, -0.1) is 0 Å². The summed E-state index contributed by atoms with van der Waals surface area (Å²) in [6, 6.07) is 8.47. The Bertz CT molecular complexity index is 812. The first-order valence-corrected chi connectivity index (χ1v) is 9.50. The monoisotopic (exact) mass is 349 g/mol. The molecule has 0 spiro atoms. The third-order valence-corrected chi connectivity index (χ3v) is 5.21. The van der Waals surface area contributed by atoms with Crippen molar-refractivity contribution in [1.29, 1.82) is 0 Å². The maximum atomic E-state index is 12.2. The summed E-state index contributed by atoms with van der Waals surface area (Å²) in [5.74, 6) is -0.351. The third-order valence-electron chi connectivity index (χ3n) is 3.73. The zero-order valence-corrected chi connectivity index (χ0v) is 14.9. The van der Waals surface area contributed by atoms with Crippen LogP contribution in [-0.2, 0) is 15.8 Å². The van der Waals surface area contributed by atoms with Gasteiger partial charge in [-0.3, -0.25) is 4.79 Å². The lowest BCUT2D eigenvalue weighted by Crippen LogP contribution is -2.32. The smallest absolute Gasteiger partial charge is 0.257 e. The fraction of sp³-hybridized carbons (Fsp3) is 0.353. The van der Waals surface area contributed by atoms with E-state index in [1.165, 1.54) is 0 Å². The van der Waals surface area contributed by atoms with Gasteiger partial charge < -0.3 is 10.3 Å². The predicted octanol–water partition coefficient (Wildman–Crippen LogP) is 2.79. The molecular formula is C17H23N3O3S. The summed E-state index contributed by atoms with van der Waals surface area (Å²) in [5, 5.41) is 2.79. The number of hydrogen-bond donors (Lipinski definition) is 3. The number of rotatable bonds is 7. The second-order valence-electron chi connectivity index (χ2n) is 5.86. The lowest BCUT2D eigenvalue weighted by atomic mass is 10.2. The van der Waals surface area contributed by atoms with Crippen LogP contribution in [0.25, 0.3) is 0 Å². The largest absolute Gasteiger partial charge is 0.365 e. The summed E-state index contributed by atoms with van der Waals surface area (Å²) >= 11 is 0. The van der Waals surface area contributed by atoms with Crippen LogP contribution in [-0.4, -0.2) is 25.4 Å². The maximum absolute atomic E-state index is 12.2. The SMILES string of the molecule is CC[C@H](C)NS(=O)(=O)Cc1cccc(NC(=O)c2cc[nH]c2C)c1. The van der Waals surface area contributed by atoms with E-state index in [2.05, 4.69) is 15.0 Å². The normalized spacial score (nSPS) is 12.8. The molecule has 6 nitrogen and oxygen atoms in total. The summed E-state index contributed by atoms with van der Waals surface area (Å²) in [5.41, 5.74) is 2.53. The first-order chi connectivity index (χ1) is 11.3. The average molecular weight is 349 g/mol. The molecule has 2 rings (SSSR count). The minimum atomic E-state index is -3.41. The molecule has 3 N–H and O–H groups in total. The number of hydrogen-bond acceptors (Lipinski definition) is 3. The average Bonchev–Trinajstić information content (AvgIpc) is 2.92. The molecule has 0 aliphatic rings. The first kappa shape index (κ1) is 18.2. The van der Waals surface area contributed by atoms with Crippen LogP contribution in [0.1, 0.15) is 41.9 Å². The van der Waals surface area contributed by atoms with Crippen molar-refractivity contribution >= 4 is 21.6 Å². The van der Waals surface area contributed by atoms with Crippen LogP contribution in [0.2, 0.25) is 0 Å². The molecule has 1 heterocycles. The quantitative estimate of drug-likeness (QED) is 0.718. The van der Waals surface area contributed by atoms with Crippen molar-refractivity contribution < 1.29 is 13.2 Å². The maximum Gasteiger partial charge on any atom is 0.257 e. The Morgan fingerprint density at radius 2 is 2.04 bits per heavy atom. The molecular weight excluding hydrogens is 326 g/mol. The molecule has 1 amide bonds. The lowest BCUT2D eigenvalue weighted by Gasteiger charge is -2.12. The van der Waals surface area contributed by atoms with Gasteiger partial charge in [0.2, 0.25) is 10.0 Å². The molecule has 7 heteroatoms. The molecule has 1 atom stereocenters. The van der Waals surface area contributed by atoms with Crippen LogP contribution >= 0.6 is 0 Å². The van der Waals surface area contributed by atoms with Gasteiger partial charge in [-0.2, -0.15) is 0 Å². The molecule has 0 aliphatic heterocycles. The summed E-state index contributed by atoms with van der Waals surface area (Å²) in [6.07, 6.45) is 2.43. The van der Waals surface area contributed by atoms with Gasteiger partial charge in [0.25, 0.3) is 5.91 Å². The second-order valence-corrected chi connectivity index (χ2v) is 7.61. The van der Waals surface area contributed by atoms with Crippen molar-refractivity contribution in [3.63, 3.8) is 0 Å². The van der Waals surface area contributed by atoms with Crippen molar-refractivity contribution in [2.75, 3.05) is 5.32 Å². The lowest BCUT2D eigenvalue weighted by molar-refractivity contribution is 0.102. The van der Waals surface area contributed by atoms with Gasteiger partial charge in [0.1, 0.15) is 0 Å². The molecule has 24 heavy (non-hydrogen) atoms. The number of nitrogens with one attached hydrogen (secondary N) is 3. The molecule has 0 unspecified atom stereocenters. The Kier molecular flexibility index (Phi) is 5.80. The third kappa shape index (κ3) is 4.94. The van der Waals surface area contributed by atoms with E-state index in [1.54, 1.807) is 36.5 Å². The van der Waals surface area contributed by atoms with E-state index in [9.17, 15) is 13.2 Å². The van der Waals surface area contributed by atoms with Crippen molar-refractivity contribution in [3.8, 4) is 0 Å². The number of anilines is 1. The van der Waals surface area contributed by atoms with Crippen LogP contribution in [0.4, 0.5) is 5.69 Å². The van der Waals surface area contributed by atoms with Crippen LogP contribution < -0.4 is 10.0 Å². The topological polar surface area (TPSA) is 91.1 Å². The molecule has 1 aromatic heterocycles. The van der Waals surface area contributed by atoms with Gasteiger partial charge in [0.05, 0.1) is 11.3 Å². The minimum Gasteiger partial charge on any atom is -0.365 e. The Morgan fingerprint density at radius 1 is 1.29 bits per heavy atom. The zero-order valence-electron chi connectivity index (χ0n) is 14.1. The van der Waals surface area contributed by atoms with Crippen molar-refractivity contribution in [3.05, 3.63) is 53.3 Å². The van der Waals surface area contributed by atoms with E-state index in [-0.39, 0.29) is 17.7 Å². The number of sulfonamides is 1. The molecule has 0 bridgehead atoms. The number of H-pyrrole nitrogens is 1. The van der Waals surface area contributed by atoms with Crippen molar-refractivity contribution in [2.45, 2.75) is 39.0 Å². The van der Waals surface area contributed by atoms with E-state index in [1.807, 2.05) is 20.8 Å².